The lowest BCUT2D eigenvalue weighted by Crippen LogP contribution is -2.31. The third-order valence-corrected chi connectivity index (χ3v) is 4.87. The molecular formula is C22H23NO4. The zero-order chi connectivity index (χ0) is 19.2. The predicted octanol–water partition coefficient (Wildman–Crippen LogP) is 3.41. The number of hydrogen-bond donors (Lipinski definition) is 1. The summed E-state index contributed by atoms with van der Waals surface area (Å²) in [7, 11) is 0. The third kappa shape index (κ3) is 4.82. The highest BCUT2D eigenvalue weighted by Gasteiger charge is 2.15. The molecule has 1 aliphatic carbocycles. The van der Waals surface area contributed by atoms with E-state index >= 15 is 0 Å². The number of nitrogens with one attached hydrogen (secondary N) is 1. The molecule has 0 fully saturated rings. The molecule has 0 heterocycles. The molecule has 1 atom stereocenters. The van der Waals surface area contributed by atoms with Crippen LogP contribution in [0.25, 0.3) is 0 Å². The van der Waals surface area contributed by atoms with Crippen LogP contribution < -0.4 is 5.32 Å². The Kier molecular flexibility index (Phi) is 6.01. The highest BCUT2D eigenvalue weighted by Crippen LogP contribution is 2.24. The molecule has 0 unspecified atom stereocenters. The molecule has 140 valence electrons. The van der Waals surface area contributed by atoms with Gasteiger partial charge in [-0.3, -0.25) is 9.59 Å². The van der Waals surface area contributed by atoms with Gasteiger partial charge in [0, 0.05) is 5.56 Å². The molecule has 5 heteroatoms. The number of fused-ring (bicyclic) bond motifs is 1. The largest absolute Gasteiger partial charge is 0.452 e. The molecule has 2 aromatic carbocycles. The number of ether oxygens (including phenoxy) is 1. The fourth-order valence-electron chi connectivity index (χ4n) is 3.30. The van der Waals surface area contributed by atoms with Crippen molar-refractivity contribution in [3.05, 3.63) is 70.3 Å². The number of rotatable bonds is 6. The number of benzene rings is 2. The number of amides is 1. The Morgan fingerprint density at radius 1 is 1.07 bits per heavy atom. The standard InChI is InChI=1S/C22H23NO4/c1-15(19-11-10-17-4-2-3-5-20(17)12-19)23-21(25)14-27-22(26)18-8-6-16(13-24)7-9-18/h6-13,15H,2-5,14H2,1H3,(H,23,25)/t15-/m0/s1. The van der Waals surface area contributed by atoms with Crippen LogP contribution in [0.15, 0.2) is 42.5 Å². The SMILES string of the molecule is C[C@H](NC(=O)COC(=O)c1ccc(C=O)cc1)c1ccc2c(c1)CCCC2. The van der Waals surface area contributed by atoms with E-state index in [9.17, 15) is 14.4 Å². The topological polar surface area (TPSA) is 72.5 Å². The molecule has 0 bridgehead atoms. The quantitative estimate of drug-likeness (QED) is 0.629. The number of hydrogen-bond acceptors (Lipinski definition) is 4. The van der Waals surface area contributed by atoms with Crippen LogP contribution in [0.3, 0.4) is 0 Å². The molecule has 0 saturated heterocycles. The van der Waals surface area contributed by atoms with Gasteiger partial charge in [0.25, 0.3) is 5.91 Å². The van der Waals surface area contributed by atoms with Crippen LogP contribution >= 0.6 is 0 Å². The van der Waals surface area contributed by atoms with Gasteiger partial charge in [0.15, 0.2) is 6.61 Å². The Bertz CT molecular complexity index is 842. The lowest BCUT2D eigenvalue weighted by Gasteiger charge is -2.20. The molecule has 0 saturated carbocycles. The number of aldehydes is 1. The Labute approximate surface area is 158 Å². The van der Waals surface area contributed by atoms with Crippen molar-refractivity contribution in [2.75, 3.05) is 6.61 Å². The van der Waals surface area contributed by atoms with Gasteiger partial charge in [0.2, 0.25) is 0 Å². The maximum absolute atomic E-state index is 12.1. The summed E-state index contributed by atoms with van der Waals surface area (Å²) in [6.45, 7) is 1.58. The first-order chi connectivity index (χ1) is 13.1. The number of carbonyl (C=O) groups excluding carboxylic acids is 3. The van der Waals surface area contributed by atoms with Gasteiger partial charge < -0.3 is 10.1 Å². The second-order valence-electron chi connectivity index (χ2n) is 6.84. The molecule has 0 spiro atoms. The molecular weight excluding hydrogens is 342 g/mol. The minimum absolute atomic E-state index is 0.157. The molecule has 1 aliphatic rings. The fraction of sp³-hybridized carbons (Fsp3) is 0.318. The van der Waals surface area contributed by atoms with E-state index in [4.69, 9.17) is 4.74 Å². The first-order valence-corrected chi connectivity index (χ1v) is 9.20. The smallest absolute Gasteiger partial charge is 0.338 e. The minimum Gasteiger partial charge on any atom is -0.452 e. The Balaban J connectivity index is 1.52. The van der Waals surface area contributed by atoms with E-state index in [-0.39, 0.29) is 18.6 Å². The summed E-state index contributed by atoms with van der Waals surface area (Å²) in [5.74, 6) is -0.942. The molecule has 0 radical (unpaired) electrons. The van der Waals surface area contributed by atoms with Crippen LogP contribution in [-0.2, 0) is 22.4 Å². The van der Waals surface area contributed by atoms with Crippen molar-refractivity contribution < 1.29 is 19.1 Å². The van der Waals surface area contributed by atoms with Crippen molar-refractivity contribution in [3.63, 3.8) is 0 Å². The van der Waals surface area contributed by atoms with E-state index in [1.807, 2.05) is 6.92 Å². The summed E-state index contributed by atoms with van der Waals surface area (Å²) < 4.78 is 5.05. The van der Waals surface area contributed by atoms with E-state index in [2.05, 4.69) is 23.5 Å². The molecule has 2 aromatic rings. The monoisotopic (exact) mass is 365 g/mol. The highest BCUT2D eigenvalue weighted by molar-refractivity contribution is 5.92. The average Bonchev–Trinajstić information content (AvgIpc) is 2.71. The van der Waals surface area contributed by atoms with Gasteiger partial charge >= 0.3 is 5.97 Å². The van der Waals surface area contributed by atoms with E-state index in [1.54, 1.807) is 0 Å². The molecule has 5 nitrogen and oxygen atoms in total. The lowest BCUT2D eigenvalue weighted by atomic mass is 9.89. The van der Waals surface area contributed by atoms with Gasteiger partial charge in [-0.1, -0.05) is 30.3 Å². The highest BCUT2D eigenvalue weighted by atomic mass is 16.5. The average molecular weight is 365 g/mol. The van der Waals surface area contributed by atoms with Crippen molar-refractivity contribution >= 4 is 18.2 Å². The minimum atomic E-state index is -0.593. The Morgan fingerprint density at radius 3 is 2.48 bits per heavy atom. The Morgan fingerprint density at radius 2 is 1.78 bits per heavy atom. The summed E-state index contributed by atoms with van der Waals surface area (Å²) in [6.07, 6.45) is 5.36. The second kappa shape index (κ2) is 8.62. The zero-order valence-electron chi connectivity index (χ0n) is 15.4. The first-order valence-electron chi connectivity index (χ1n) is 9.20. The third-order valence-electron chi connectivity index (χ3n) is 4.87. The van der Waals surface area contributed by atoms with E-state index in [0.717, 1.165) is 18.4 Å². The maximum Gasteiger partial charge on any atom is 0.338 e. The van der Waals surface area contributed by atoms with Crippen LogP contribution in [0.4, 0.5) is 0 Å². The summed E-state index contributed by atoms with van der Waals surface area (Å²) in [6, 6.07) is 12.3. The van der Waals surface area contributed by atoms with E-state index in [1.165, 1.54) is 48.2 Å². The molecule has 27 heavy (non-hydrogen) atoms. The molecule has 1 amide bonds. The molecule has 3 rings (SSSR count). The van der Waals surface area contributed by atoms with Crippen LogP contribution in [-0.4, -0.2) is 24.8 Å². The van der Waals surface area contributed by atoms with Crippen LogP contribution in [0, 0.1) is 0 Å². The van der Waals surface area contributed by atoms with Gasteiger partial charge in [0.1, 0.15) is 6.29 Å². The predicted molar refractivity (Wildman–Crippen MR) is 102 cm³/mol. The van der Waals surface area contributed by atoms with Gasteiger partial charge in [-0.05, 0) is 61.4 Å². The van der Waals surface area contributed by atoms with Crippen molar-refractivity contribution in [1.82, 2.24) is 5.32 Å². The molecule has 0 aliphatic heterocycles. The van der Waals surface area contributed by atoms with E-state index < -0.39 is 5.97 Å². The lowest BCUT2D eigenvalue weighted by molar-refractivity contribution is -0.124. The van der Waals surface area contributed by atoms with Gasteiger partial charge in [-0.25, -0.2) is 4.79 Å². The van der Waals surface area contributed by atoms with Crippen LogP contribution in [0.1, 0.15) is 63.2 Å². The van der Waals surface area contributed by atoms with Crippen LogP contribution in [0.5, 0.6) is 0 Å². The number of aryl methyl sites for hydroxylation is 2. The fourth-order valence-corrected chi connectivity index (χ4v) is 3.30. The first kappa shape index (κ1) is 18.8. The van der Waals surface area contributed by atoms with Crippen LogP contribution in [0.2, 0.25) is 0 Å². The maximum atomic E-state index is 12.1. The summed E-state index contributed by atoms with van der Waals surface area (Å²) in [4.78, 5) is 34.7. The summed E-state index contributed by atoms with van der Waals surface area (Å²) in [5.41, 5.74) is 4.60. The second-order valence-corrected chi connectivity index (χ2v) is 6.84. The van der Waals surface area contributed by atoms with Crippen molar-refractivity contribution in [2.45, 2.75) is 38.6 Å². The zero-order valence-corrected chi connectivity index (χ0v) is 15.4. The normalized spacial score (nSPS) is 14.0. The van der Waals surface area contributed by atoms with Gasteiger partial charge in [-0.15, -0.1) is 0 Å². The summed E-state index contributed by atoms with van der Waals surface area (Å²) in [5, 5.41) is 2.87. The Hall–Kier alpha value is -2.95. The molecule has 0 aromatic heterocycles. The van der Waals surface area contributed by atoms with E-state index in [0.29, 0.717) is 17.4 Å². The van der Waals surface area contributed by atoms with Crippen molar-refractivity contribution in [2.24, 2.45) is 0 Å². The van der Waals surface area contributed by atoms with Crippen molar-refractivity contribution in [1.29, 1.82) is 0 Å². The van der Waals surface area contributed by atoms with Gasteiger partial charge in [-0.2, -0.15) is 0 Å². The number of carbonyl (C=O) groups is 3. The van der Waals surface area contributed by atoms with Crippen molar-refractivity contribution in [3.8, 4) is 0 Å². The number of esters is 1. The summed E-state index contributed by atoms with van der Waals surface area (Å²) >= 11 is 0. The van der Waals surface area contributed by atoms with Gasteiger partial charge in [0.05, 0.1) is 11.6 Å². The molecule has 1 N–H and O–H groups in total.